The molecule has 14 nitrogen and oxygen atoms in total. The second-order valence-corrected chi connectivity index (χ2v) is 9.55. The molecule has 0 spiro atoms. The Morgan fingerprint density at radius 2 is 1.11 bits per heavy atom. The van der Waals surface area contributed by atoms with Crippen LogP contribution in [0.5, 0.6) is 0 Å². The van der Waals surface area contributed by atoms with Crippen molar-refractivity contribution in [2.45, 2.75) is 32.5 Å². The molecule has 0 amide bonds. The van der Waals surface area contributed by atoms with Crippen LogP contribution < -0.4 is 29.6 Å². The number of halogens is 1. The Labute approximate surface area is 254 Å². The first-order valence-corrected chi connectivity index (χ1v) is 14.2. The summed E-state index contributed by atoms with van der Waals surface area (Å²) in [4.78, 5) is 1.79. The van der Waals surface area contributed by atoms with Gasteiger partial charge in [0.05, 0.1) is 61.6 Å². The molecule has 0 saturated carbocycles. The second-order valence-electron chi connectivity index (χ2n) is 7.79. The summed E-state index contributed by atoms with van der Waals surface area (Å²) < 4.78 is 29.9. The number of aliphatic hydroxyl groups is 9. The van der Waals surface area contributed by atoms with Crippen molar-refractivity contribution in [2.75, 3.05) is 104 Å². The van der Waals surface area contributed by atoms with E-state index in [1.165, 1.54) is 0 Å². The Morgan fingerprint density at radius 3 is 1.29 bits per heavy atom. The minimum absolute atomic E-state index is 0. The average molecular weight is 614 g/mol. The first-order valence-electron chi connectivity index (χ1n) is 12.0. The molecule has 0 radical (unpaired) electrons. The van der Waals surface area contributed by atoms with Gasteiger partial charge in [-0.2, -0.15) is 0 Å². The van der Waals surface area contributed by atoms with Crippen LogP contribution in [0.3, 0.4) is 0 Å². The molecule has 0 aromatic carbocycles. The molecule has 230 valence electrons. The summed E-state index contributed by atoms with van der Waals surface area (Å²) >= 11 is 5.00. The SMILES string of the molecule is CCC(O)C[N+](CCO)(CCO)CCO.CCO.O=S(=O)([O-])CC(O)CCl.OCCN(CCO)CCO.[Na+]. The maximum absolute atomic E-state index is 9.83. The van der Waals surface area contributed by atoms with E-state index in [-0.39, 0.29) is 81.7 Å². The van der Waals surface area contributed by atoms with Crippen LogP contribution in [-0.2, 0) is 10.1 Å². The predicted octanol–water partition coefficient (Wildman–Crippen LogP) is -7.05. The van der Waals surface area contributed by atoms with Gasteiger partial charge in [-0.05, 0) is 13.3 Å². The monoisotopic (exact) mass is 613 g/mol. The van der Waals surface area contributed by atoms with Crippen LogP contribution in [0.25, 0.3) is 0 Å². The molecule has 0 rings (SSSR count). The Morgan fingerprint density at radius 1 is 0.763 bits per heavy atom. The van der Waals surface area contributed by atoms with Gasteiger partial charge >= 0.3 is 29.6 Å². The number of aliphatic hydroxyl groups excluding tert-OH is 9. The van der Waals surface area contributed by atoms with E-state index in [1.807, 2.05) is 6.92 Å². The third-order valence-corrected chi connectivity index (χ3v) is 5.76. The van der Waals surface area contributed by atoms with Gasteiger partial charge in [0.2, 0.25) is 0 Å². The molecule has 2 unspecified atom stereocenters. The van der Waals surface area contributed by atoms with Gasteiger partial charge in [-0.3, -0.25) is 4.90 Å². The zero-order valence-corrected chi connectivity index (χ0v) is 26.7. The largest absolute Gasteiger partial charge is 1.00 e. The van der Waals surface area contributed by atoms with Crippen molar-refractivity contribution in [2.24, 2.45) is 0 Å². The number of rotatable bonds is 18. The van der Waals surface area contributed by atoms with E-state index >= 15 is 0 Å². The summed E-state index contributed by atoms with van der Waals surface area (Å²) in [5.41, 5.74) is 0. The Hall–Kier alpha value is 0.760. The fourth-order valence-electron chi connectivity index (χ4n) is 2.86. The van der Waals surface area contributed by atoms with E-state index in [0.29, 0.717) is 56.7 Å². The molecular weight excluding hydrogens is 563 g/mol. The van der Waals surface area contributed by atoms with Gasteiger partial charge in [-0.1, -0.05) is 6.92 Å². The third kappa shape index (κ3) is 36.8. The summed E-state index contributed by atoms with van der Waals surface area (Å²) in [5, 5.41) is 78.1. The van der Waals surface area contributed by atoms with E-state index in [2.05, 4.69) is 0 Å². The van der Waals surface area contributed by atoms with E-state index in [1.54, 1.807) is 11.8 Å². The quantitative estimate of drug-likeness (QED) is 0.0302. The minimum atomic E-state index is -4.32. The van der Waals surface area contributed by atoms with Crippen LogP contribution >= 0.6 is 11.6 Å². The number of hydrogen-bond acceptors (Lipinski definition) is 13. The molecule has 0 aliphatic carbocycles. The molecular formula is C21H51ClN2NaO12S+. The molecule has 0 aromatic rings. The molecule has 0 heterocycles. The van der Waals surface area contributed by atoms with Crippen LogP contribution in [0.15, 0.2) is 0 Å². The fourth-order valence-corrected chi connectivity index (χ4v) is 3.69. The summed E-state index contributed by atoms with van der Waals surface area (Å²) in [6.45, 7) is 7.40. The molecule has 0 fully saturated rings. The van der Waals surface area contributed by atoms with E-state index in [0.717, 1.165) is 0 Å². The minimum Gasteiger partial charge on any atom is -0.748 e. The van der Waals surface area contributed by atoms with Gasteiger partial charge in [0, 0.05) is 32.1 Å². The summed E-state index contributed by atoms with van der Waals surface area (Å²) in [5.74, 6) is -1.04. The molecule has 38 heavy (non-hydrogen) atoms. The van der Waals surface area contributed by atoms with Gasteiger partial charge < -0.3 is 55.0 Å². The van der Waals surface area contributed by atoms with Gasteiger partial charge in [-0.25, -0.2) is 8.42 Å². The number of nitrogens with zero attached hydrogens (tertiary/aromatic N) is 2. The number of quaternary nitrogens is 1. The van der Waals surface area contributed by atoms with Crippen LogP contribution in [0.2, 0.25) is 0 Å². The summed E-state index contributed by atoms with van der Waals surface area (Å²) in [7, 11) is -4.32. The molecule has 17 heteroatoms. The van der Waals surface area contributed by atoms with Crippen molar-refractivity contribution < 1.29 is 93.0 Å². The summed E-state index contributed by atoms with van der Waals surface area (Å²) in [6.07, 6.45) is -1.05. The van der Waals surface area contributed by atoms with Crippen LogP contribution in [0, 0.1) is 0 Å². The van der Waals surface area contributed by atoms with Crippen molar-refractivity contribution >= 4 is 21.7 Å². The Kier molecular flexibility index (Phi) is 43.3. The van der Waals surface area contributed by atoms with Crippen LogP contribution in [0.4, 0.5) is 0 Å². The van der Waals surface area contributed by atoms with Crippen LogP contribution in [-0.4, -0.2) is 184 Å². The fraction of sp³-hybridized carbons (Fsp3) is 1.00. The molecule has 0 bridgehead atoms. The molecule has 0 saturated heterocycles. The Balaban J connectivity index is -0.000000139. The molecule has 2 atom stereocenters. The van der Waals surface area contributed by atoms with E-state index < -0.39 is 28.1 Å². The number of alkyl halides is 1. The van der Waals surface area contributed by atoms with Crippen molar-refractivity contribution in [3.05, 3.63) is 0 Å². The molecule has 9 N–H and O–H groups in total. The van der Waals surface area contributed by atoms with Crippen molar-refractivity contribution in [1.82, 2.24) is 4.90 Å². The van der Waals surface area contributed by atoms with E-state index in [9.17, 15) is 18.1 Å². The second kappa shape index (κ2) is 34.0. The van der Waals surface area contributed by atoms with Gasteiger partial charge in [0.25, 0.3) is 0 Å². The standard InChI is InChI=1S/C10H24NO4.C6H15NO3.C3H7ClO4S.C2H6O.Na/c1-2-10(15)9-11(3-6-12,4-7-13)5-8-14;8-4-1-7(2-5-9)3-6-10;4-1-3(5)2-9(6,7)8;1-2-3;/h10,12-15H,2-9H2,1H3;8-10H,1-6H2;3,5H,1-2H2,(H,6,7,8);3H,2H2,1H3;/q+1;;;;+1/p-1. The maximum atomic E-state index is 9.83. The van der Waals surface area contributed by atoms with Gasteiger partial charge in [0.1, 0.15) is 32.3 Å². The van der Waals surface area contributed by atoms with Gasteiger partial charge in [-0.15, -0.1) is 11.6 Å². The van der Waals surface area contributed by atoms with Crippen molar-refractivity contribution in [3.63, 3.8) is 0 Å². The smallest absolute Gasteiger partial charge is 0.748 e. The first-order chi connectivity index (χ1) is 17.4. The maximum Gasteiger partial charge on any atom is 1.00 e. The molecule has 0 aliphatic heterocycles. The molecule has 0 aromatic heterocycles. The van der Waals surface area contributed by atoms with E-state index in [4.69, 9.17) is 52.5 Å². The predicted molar refractivity (Wildman–Crippen MR) is 139 cm³/mol. The van der Waals surface area contributed by atoms with Crippen molar-refractivity contribution in [1.29, 1.82) is 0 Å². The van der Waals surface area contributed by atoms with Crippen molar-refractivity contribution in [3.8, 4) is 0 Å². The normalized spacial score (nSPS) is 12.6. The zero-order valence-electron chi connectivity index (χ0n) is 23.1. The summed E-state index contributed by atoms with van der Waals surface area (Å²) in [6, 6.07) is 0. The topological polar surface area (TPSA) is 243 Å². The molecule has 0 aliphatic rings. The number of hydrogen-bond donors (Lipinski definition) is 9. The zero-order chi connectivity index (χ0) is 29.8. The average Bonchev–Trinajstić information content (AvgIpc) is 2.80. The Bertz CT molecular complexity index is 525. The third-order valence-electron chi connectivity index (χ3n) is 4.62. The first kappa shape index (κ1) is 48.5. The van der Waals surface area contributed by atoms with Crippen LogP contribution in [0.1, 0.15) is 20.3 Å². The van der Waals surface area contributed by atoms with Gasteiger partial charge in [0.15, 0.2) is 0 Å².